The first kappa shape index (κ1) is 16.1. The van der Waals surface area contributed by atoms with E-state index in [9.17, 15) is 18.4 Å². The molecule has 110 valence electrons. The van der Waals surface area contributed by atoms with Crippen LogP contribution in [0.5, 0.6) is 0 Å². The van der Waals surface area contributed by atoms with Crippen molar-refractivity contribution >= 4 is 11.9 Å². The first-order chi connectivity index (χ1) is 9.49. The number of hydrogen-bond acceptors (Lipinski definition) is 2. The van der Waals surface area contributed by atoms with Crippen molar-refractivity contribution in [2.24, 2.45) is 0 Å². The highest BCUT2D eigenvalue weighted by Crippen LogP contribution is 2.08. The predicted octanol–water partition coefficient (Wildman–Crippen LogP) is 2.73. The maximum absolute atomic E-state index is 12.9. The number of carboxylic acids is 1. The van der Waals surface area contributed by atoms with Crippen molar-refractivity contribution in [3.63, 3.8) is 0 Å². The monoisotopic (exact) mass is 285 g/mol. The maximum Gasteiger partial charge on any atom is 0.303 e. The van der Waals surface area contributed by atoms with Crippen molar-refractivity contribution in [2.75, 3.05) is 6.54 Å². The first-order valence-corrected chi connectivity index (χ1v) is 6.45. The van der Waals surface area contributed by atoms with Gasteiger partial charge in [-0.05, 0) is 25.0 Å². The Morgan fingerprint density at radius 1 is 1.00 bits per heavy atom. The molecular formula is C14H17F2NO3. The average Bonchev–Trinajstić information content (AvgIpc) is 2.35. The standard InChI is InChI=1S/C14H17F2NO3/c15-11-7-10(8-12(16)9-11)14(20)17-6-4-2-1-3-5-13(18)19/h7-9H,1-6H2,(H,17,20)(H,18,19). The lowest BCUT2D eigenvalue weighted by Gasteiger charge is -2.05. The molecule has 0 aliphatic rings. The minimum absolute atomic E-state index is 0.0478. The Hall–Kier alpha value is -1.98. The van der Waals surface area contributed by atoms with Gasteiger partial charge in [-0.15, -0.1) is 0 Å². The van der Waals surface area contributed by atoms with Crippen LogP contribution in [0, 0.1) is 11.6 Å². The zero-order valence-corrected chi connectivity index (χ0v) is 11.0. The van der Waals surface area contributed by atoms with E-state index >= 15 is 0 Å². The molecule has 0 aliphatic heterocycles. The number of amides is 1. The molecule has 0 spiro atoms. The molecule has 0 fully saturated rings. The normalized spacial score (nSPS) is 10.3. The summed E-state index contributed by atoms with van der Waals surface area (Å²) >= 11 is 0. The highest BCUT2D eigenvalue weighted by Gasteiger charge is 2.08. The molecule has 0 aromatic heterocycles. The minimum Gasteiger partial charge on any atom is -0.481 e. The summed E-state index contributed by atoms with van der Waals surface area (Å²) in [6.45, 7) is 0.393. The molecule has 0 saturated heterocycles. The minimum atomic E-state index is -0.813. The summed E-state index contributed by atoms with van der Waals surface area (Å²) < 4.78 is 25.8. The van der Waals surface area contributed by atoms with Crippen molar-refractivity contribution in [3.05, 3.63) is 35.4 Å². The molecule has 0 unspecified atom stereocenters. The van der Waals surface area contributed by atoms with E-state index in [1.807, 2.05) is 0 Å². The zero-order valence-electron chi connectivity index (χ0n) is 11.0. The van der Waals surface area contributed by atoms with Crippen molar-refractivity contribution in [1.82, 2.24) is 5.32 Å². The third kappa shape index (κ3) is 6.26. The average molecular weight is 285 g/mol. The number of hydrogen-bond donors (Lipinski definition) is 2. The second-order valence-corrected chi connectivity index (χ2v) is 4.47. The largest absolute Gasteiger partial charge is 0.481 e. The number of aliphatic carboxylic acids is 1. The fraction of sp³-hybridized carbons (Fsp3) is 0.429. The Bertz CT molecular complexity index is 457. The lowest BCUT2D eigenvalue weighted by atomic mass is 10.1. The Labute approximate surface area is 115 Å². The van der Waals surface area contributed by atoms with E-state index in [0.29, 0.717) is 25.5 Å². The fourth-order valence-electron chi connectivity index (χ4n) is 1.74. The van der Waals surface area contributed by atoms with Crippen LogP contribution in [-0.2, 0) is 4.79 Å². The van der Waals surface area contributed by atoms with Gasteiger partial charge in [-0.2, -0.15) is 0 Å². The Balaban J connectivity index is 2.21. The summed E-state index contributed by atoms with van der Waals surface area (Å²) in [7, 11) is 0. The van der Waals surface area contributed by atoms with Gasteiger partial charge in [-0.1, -0.05) is 12.8 Å². The molecule has 0 aliphatic carbocycles. The van der Waals surface area contributed by atoms with Crippen molar-refractivity contribution in [3.8, 4) is 0 Å². The van der Waals surface area contributed by atoms with Gasteiger partial charge in [-0.3, -0.25) is 9.59 Å². The first-order valence-electron chi connectivity index (χ1n) is 6.45. The van der Waals surface area contributed by atoms with Crippen LogP contribution in [-0.4, -0.2) is 23.5 Å². The number of unbranched alkanes of at least 4 members (excludes halogenated alkanes) is 3. The topological polar surface area (TPSA) is 66.4 Å². The van der Waals surface area contributed by atoms with E-state index in [2.05, 4.69) is 5.32 Å². The fourth-order valence-corrected chi connectivity index (χ4v) is 1.74. The lowest BCUT2D eigenvalue weighted by Crippen LogP contribution is -2.24. The predicted molar refractivity (Wildman–Crippen MR) is 69.4 cm³/mol. The summed E-state index contributed by atoms with van der Waals surface area (Å²) in [4.78, 5) is 21.9. The Morgan fingerprint density at radius 3 is 2.20 bits per heavy atom. The third-order valence-corrected chi connectivity index (χ3v) is 2.73. The molecule has 1 aromatic carbocycles. The number of carbonyl (C=O) groups excluding carboxylic acids is 1. The van der Waals surface area contributed by atoms with Gasteiger partial charge in [0.25, 0.3) is 5.91 Å². The van der Waals surface area contributed by atoms with Crippen LogP contribution in [0.25, 0.3) is 0 Å². The second-order valence-electron chi connectivity index (χ2n) is 4.47. The van der Waals surface area contributed by atoms with E-state index in [1.165, 1.54) is 0 Å². The summed E-state index contributed by atoms with van der Waals surface area (Å²) in [6.07, 6.45) is 3.03. The highest BCUT2D eigenvalue weighted by molar-refractivity contribution is 5.94. The van der Waals surface area contributed by atoms with Gasteiger partial charge in [0.2, 0.25) is 0 Å². The quantitative estimate of drug-likeness (QED) is 0.722. The van der Waals surface area contributed by atoms with Crippen LogP contribution >= 0.6 is 0 Å². The maximum atomic E-state index is 12.9. The van der Waals surface area contributed by atoms with Crippen LogP contribution in [0.15, 0.2) is 18.2 Å². The van der Waals surface area contributed by atoms with E-state index in [1.54, 1.807) is 0 Å². The number of benzene rings is 1. The van der Waals surface area contributed by atoms with E-state index < -0.39 is 23.5 Å². The number of carbonyl (C=O) groups is 2. The molecule has 6 heteroatoms. The molecule has 1 amide bonds. The molecule has 0 atom stereocenters. The van der Waals surface area contributed by atoms with Crippen LogP contribution < -0.4 is 5.32 Å². The van der Waals surface area contributed by atoms with Crippen molar-refractivity contribution in [1.29, 1.82) is 0 Å². The van der Waals surface area contributed by atoms with Crippen LogP contribution in [0.3, 0.4) is 0 Å². The molecule has 1 rings (SSSR count). The van der Waals surface area contributed by atoms with Gasteiger partial charge in [0, 0.05) is 24.6 Å². The molecule has 1 aromatic rings. The number of halogens is 2. The van der Waals surface area contributed by atoms with E-state index in [4.69, 9.17) is 5.11 Å². The highest BCUT2D eigenvalue weighted by atomic mass is 19.1. The SMILES string of the molecule is O=C(O)CCCCCCNC(=O)c1cc(F)cc(F)c1. The van der Waals surface area contributed by atoms with Crippen molar-refractivity contribution < 1.29 is 23.5 Å². The summed E-state index contributed by atoms with van der Waals surface area (Å²) in [6, 6.07) is 2.66. The van der Waals surface area contributed by atoms with Crippen LogP contribution in [0.4, 0.5) is 8.78 Å². The number of nitrogens with one attached hydrogen (secondary N) is 1. The van der Waals surface area contributed by atoms with Crippen LogP contribution in [0.1, 0.15) is 42.5 Å². The molecule has 0 bridgehead atoms. The molecule has 2 N–H and O–H groups in total. The van der Waals surface area contributed by atoms with Gasteiger partial charge in [0.05, 0.1) is 0 Å². The second kappa shape index (κ2) is 8.24. The molecule has 20 heavy (non-hydrogen) atoms. The lowest BCUT2D eigenvalue weighted by molar-refractivity contribution is -0.137. The molecule has 0 heterocycles. The smallest absolute Gasteiger partial charge is 0.303 e. The van der Waals surface area contributed by atoms with Gasteiger partial charge in [0.15, 0.2) is 0 Å². The third-order valence-electron chi connectivity index (χ3n) is 2.73. The molecule has 4 nitrogen and oxygen atoms in total. The summed E-state index contributed by atoms with van der Waals surface area (Å²) in [5.74, 6) is -2.91. The zero-order chi connectivity index (χ0) is 15.0. The molecule has 0 saturated carbocycles. The Morgan fingerprint density at radius 2 is 1.60 bits per heavy atom. The number of rotatable bonds is 8. The van der Waals surface area contributed by atoms with E-state index in [-0.39, 0.29) is 12.0 Å². The molecular weight excluding hydrogens is 268 g/mol. The Kier molecular flexibility index (Phi) is 6.63. The van der Waals surface area contributed by atoms with Gasteiger partial charge in [-0.25, -0.2) is 8.78 Å². The van der Waals surface area contributed by atoms with Gasteiger partial charge < -0.3 is 10.4 Å². The van der Waals surface area contributed by atoms with Gasteiger partial charge >= 0.3 is 5.97 Å². The number of carboxylic acid groups (broad SMARTS) is 1. The van der Waals surface area contributed by atoms with Gasteiger partial charge in [0.1, 0.15) is 11.6 Å². The molecule has 0 radical (unpaired) electrons. The summed E-state index contributed by atoms with van der Waals surface area (Å²) in [5.41, 5.74) is -0.0478. The van der Waals surface area contributed by atoms with Crippen LogP contribution in [0.2, 0.25) is 0 Å². The van der Waals surface area contributed by atoms with Crippen molar-refractivity contribution in [2.45, 2.75) is 32.1 Å². The van der Waals surface area contributed by atoms with E-state index in [0.717, 1.165) is 25.0 Å². The summed E-state index contributed by atoms with van der Waals surface area (Å²) in [5, 5.41) is 11.0.